The molecule has 0 heterocycles. The van der Waals surface area contributed by atoms with Gasteiger partial charge in [0.15, 0.2) is 0 Å². The van der Waals surface area contributed by atoms with Crippen molar-refractivity contribution >= 4 is 17.4 Å². The van der Waals surface area contributed by atoms with Crippen LogP contribution in [0.15, 0.2) is 52.3 Å². The normalized spacial score (nSPS) is 12.1. The molecule has 0 aromatic heterocycles. The van der Waals surface area contributed by atoms with Gasteiger partial charge in [0.2, 0.25) is 0 Å². The number of benzene rings is 2. The molecule has 0 aliphatic rings. The van der Waals surface area contributed by atoms with E-state index in [0.717, 1.165) is 0 Å². The van der Waals surface area contributed by atoms with E-state index in [1.54, 1.807) is 37.4 Å². The lowest BCUT2D eigenvalue weighted by Crippen LogP contribution is -2.14. The highest BCUT2D eigenvalue weighted by molar-refractivity contribution is 7.99. The predicted molar refractivity (Wildman–Crippen MR) is 81.1 cm³/mol. The number of hydrogen-bond donors (Lipinski definition) is 1. The fourth-order valence-electron chi connectivity index (χ4n) is 1.98. The number of nitrogens with one attached hydrogen (secondary N) is 1. The Hall–Kier alpha value is -1.92. The molecule has 0 amide bonds. The molecule has 1 unspecified atom stereocenters. The van der Waals surface area contributed by atoms with Gasteiger partial charge in [-0.3, -0.25) is 10.1 Å². The van der Waals surface area contributed by atoms with Gasteiger partial charge in [0.1, 0.15) is 5.82 Å². The maximum absolute atomic E-state index is 14.1. The number of hydrogen-bond acceptors (Lipinski definition) is 4. The molecule has 0 radical (unpaired) electrons. The van der Waals surface area contributed by atoms with Crippen LogP contribution in [0, 0.1) is 15.9 Å². The Bertz CT molecular complexity index is 664. The molecule has 4 nitrogen and oxygen atoms in total. The second-order valence-electron chi connectivity index (χ2n) is 4.49. The smallest absolute Gasteiger partial charge is 0.283 e. The van der Waals surface area contributed by atoms with Gasteiger partial charge >= 0.3 is 0 Å². The van der Waals surface area contributed by atoms with Gasteiger partial charge in [-0.1, -0.05) is 30.0 Å². The molecule has 0 aliphatic carbocycles. The molecule has 0 saturated heterocycles. The van der Waals surface area contributed by atoms with Crippen molar-refractivity contribution in [1.82, 2.24) is 5.32 Å². The van der Waals surface area contributed by atoms with E-state index >= 15 is 0 Å². The molecular formula is C15H15FN2O2S. The van der Waals surface area contributed by atoms with Crippen molar-refractivity contribution in [3.8, 4) is 0 Å². The minimum absolute atomic E-state index is 0.0230. The fourth-order valence-corrected chi connectivity index (χ4v) is 3.15. The van der Waals surface area contributed by atoms with Crippen molar-refractivity contribution < 1.29 is 9.31 Å². The van der Waals surface area contributed by atoms with Crippen LogP contribution in [-0.2, 0) is 0 Å². The van der Waals surface area contributed by atoms with Crippen LogP contribution < -0.4 is 5.32 Å². The minimum Gasteiger partial charge on any atom is -0.313 e. The molecule has 6 heteroatoms. The van der Waals surface area contributed by atoms with E-state index in [9.17, 15) is 14.5 Å². The van der Waals surface area contributed by atoms with E-state index in [1.807, 2.05) is 6.92 Å². The monoisotopic (exact) mass is 306 g/mol. The first-order valence-electron chi connectivity index (χ1n) is 6.41. The van der Waals surface area contributed by atoms with E-state index in [2.05, 4.69) is 5.32 Å². The summed E-state index contributed by atoms with van der Waals surface area (Å²) in [5, 5.41) is 14.1. The summed E-state index contributed by atoms with van der Waals surface area (Å²) in [6, 6.07) is 11.1. The van der Waals surface area contributed by atoms with Crippen LogP contribution in [0.1, 0.15) is 18.5 Å². The fraction of sp³-hybridized carbons (Fsp3) is 0.200. The number of nitrogens with zero attached hydrogens (tertiary/aromatic N) is 1. The summed E-state index contributed by atoms with van der Waals surface area (Å²) in [4.78, 5) is 11.8. The number of nitro groups is 1. The molecular weight excluding hydrogens is 291 g/mol. The van der Waals surface area contributed by atoms with Gasteiger partial charge in [-0.05, 0) is 32.2 Å². The standard InChI is InChI=1S/C15H15FN2O2S/c1-10(17-2)15-11(16)6-5-9-14(15)21-13-8-4-3-7-12(13)18(19)20/h3-10,17H,1-2H3. The first-order chi connectivity index (χ1) is 10.0. The summed E-state index contributed by atoms with van der Waals surface area (Å²) in [7, 11) is 1.75. The zero-order valence-electron chi connectivity index (χ0n) is 11.7. The van der Waals surface area contributed by atoms with Gasteiger partial charge in [0.25, 0.3) is 5.69 Å². The summed E-state index contributed by atoms with van der Waals surface area (Å²) in [6.45, 7) is 1.85. The highest BCUT2D eigenvalue weighted by Crippen LogP contribution is 2.38. The summed E-state index contributed by atoms with van der Waals surface area (Å²) >= 11 is 1.21. The molecule has 21 heavy (non-hydrogen) atoms. The first kappa shape index (κ1) is 15.5. The molecule has 2 rings (SSSR count). The Morgan fingerprint density at radius 2 is 1.86 bits per heavy atom. The molecule has 0 saturated carbocycles. The molecule has 1 atom stereocenters. The highest BCUT2D eigenvalue weighted by Gasteiger charge is 2.19. The van der Waals surface area contributed by atoms with Crippen molar-refractivity contribution in [3.05, 3.63) is 64.0 Å². The van der Waals surface area contributed by atoms with Gasteiger partial charge in [0.05, 0.1) is 9.82 Å². The Kier molecular flexibility index (Phi) is 4.93. The van der Waals surface area contributed by atoms with Gasteiger partial charge in [-0.2, -0.15) is 0 Å². The quantitative estimate of drug-likeness (QED) is 0.665. The Morgan fingerprint density at radius 1 is 1.19 bits per heavy atom. The summed E-state index contributed by atoms with van der Waals surface area (Å²) < 4.78 is 14.1. The van der Waals surface area contributed by atoms with Crippen LogP contribution in [0.25, 0.3) is 0 Å². The van der Waals surface area contributed by atoms with Crippen LogP contribution in [0.2, 0.25) is 0 Å². The van der Waals surface area contributed by atoms with E-state index in [0.29, 0.717) is 15.4 Å². The third-order valence-corrected chi connectivity index (χ3v) is 4.30. The number of rotatable bonds is 5. The number of halogens is 1. The first-order valence-corrected chi connectivity index (χ1v) is 7.23. The summed E-state index contributed by atoms with van der Waals surface area (Å²) in [5.74, 6) is -0.319. The van der Waals surface area contributed by atoms with Crippen LogP contribution >= 0.6 is 11.8 Å². The largest absolute Gasteiger partial charge is 0.313 e. The third kappa shape index (κ3) is 3.40. The van der Waals surface area contributed by atoms with Gasteiger partial charge in [-0.15, -0.1) is 0 Å². The van der Waals surface area contributed by atoms with Crippen molar-refractivity contribution in [2.45, 2.75) is 22.8 Å². The maximum atomic E-state index is 14.1. The second kappa shape index (κ2) is 6.69. The molecule has 1 N–H and O–H groups in total. The molecule has 0 spiro atoms. The van der Waals surface area contributed by atoms with Crippen molar-refractivity contribution in [2.75, 3.05) is 7.05 Å². The molecule has 0 fully saturated rings. The van der Waals surface area contributed by atoms with Crippen LogP contribution in [-0.4, -0.2) is 12.0 Å². The van der Waals surface area contributed by atoms with Crippen molar-refractivity contribution in [1.29, 1.82) is 0 Å². The molecule has 2 aromatic carbocycles. The Labute approximate surface area is 126 Å². The average molecular weight is 306 g/mol. The molecule has 2 aromatic rings. The Balaban J connectivity index is 2.45. The topological polar surface area (TPSA) is 55.2 Å². The highest BCUT2D eigenvalue weighted by atomic mass is 32.2. The van der Waals surface area contributed by atoms with Crippen molar-refractivity contribution in [2.24, 2.45) is 0 Å². The van der Waals surface area contributed by atoms with Gasteiger partial charge < -0.3 is 5.32 Å². The van der Waals surface area contributed by atoms with Crippen molar-refractivity contribution in [3.63, 3.8) is 0 Å². The lowest BCUT2D eigenvalue weighted by Gasteiger charge is -2.16. The average Bonchev–Trinajstić information content (AvgIpc) is 2.47. The number of nitro benzene ring substituents is 1. The Morgan fingerprint density at radius 3 is 2.52 bits per heavy atom. The van der Waals surface area contributed by atoms with Gasteiger partial charge in [0, 0.05) is 22.6 Å². The predicted octanol–water partition coefficient (Wildman–Crippen LogP) is 4.17. The van der Waals surface area contributed by atoms with E-state index < -0.39 is 4.92 Å². The van der Waals surface area contributed by atoms with Crippen LogP contribution in [0.5, 0.6) is 0 Å². The van der Waals surface area contributed by atoms with Crippen LogP contribution in [0.3, 0.4) is 0 Å². The summed E-state index contributed by atoms with van der Waals surface area (Å²) in [6.07, 6.45) is 0. The summed E-state index contributed by atoms with van der Waals surface area (Å²) in [5.41, 5.74) is 0.540. The molecule has 0 aliphatic heterocycles. The number of para-hydroxylation sites is 1. The van der Waals surface area contributed by atoms with Gasteiger partial charge in [-0.25, -0.2) is 4.39 Å². The SMILES string of the molecule is CNC(C)c1c(F)cccc1Sc1ccccc1[N+](=O)[O-]. The molecule has 0 bridgehead atoms. The minimum atomic E-state index is -0.428. The molecule has 110 valence electrons. The zero-order chi connectivity index (χ0) is 15.4. The lowest BCUT2D eigenvalue weighted by atomic mass is 10.1. The lowest BCUT2D eigenvalue weighted by molar-refractivity contribution is -0.387. The second-order valence-corrected chi connectivity index (χ2v) is 5.57. The van der Waals surface area contributed by atoms with E-state index in [4.69, 9.17) is 0 Å². The van der Waals surface area contributed by atoms with E-state index in [1.165, 1.54) is 23.9 Å². The zero-order valence-corrected chi connectivity index (χ0v) is 12.5. The maximum Gasteiger partial charge on any atom is 0.283 e. The third-order valence-electron chi connectivity index (χ3n) is 3.16. The van der Waals surface area contributed by atoms with E-state index in [-0.39, 0.29) is 17.5 Å². The van der Waals surface area contributed by atoms with Crippen LogP contribution in [0.4, 0.5) is 10.1 Å².